The van der Waals surface area contributed by atoms with Gasteiger partial charge < -0.3 is 14.6 Å². The SMILES string of the molecule is CCOc1cc2c(cc1OC)C(c1ccc3ncsc3c1)=NC1CCC(O)CC21. The fraction of sp³-hybridized carbons (Fsp3) is 0.391. The number of hydrogen-bond donors (Lipinski definition) is 1. The minimum atomic E-state index is -0.271. The molecule has 1 aliphatic heterocycles. The van der Waals surface area contributed by atoms with Crippen molar-refractivity contribution in [1.29, 1.82) is 0 Å². The van der Waals surface area contributed by atoms with E-state index >= 15 is 0 Å². The van der Waals surface area contributed by atoms with Gasteiger partial charge in [0.1, 0.15) is 0 Å². The van der Waals surface area contributed by atoms with Crippen LogP contribution >= 0.6 is 11.3 Å². The third-order valence-electron chi connectivity index (χ3n) is 5.98. The van der Waals surface area contributed by atoms with E-state index < -0.39 is 0 Å². The number of methoxy groups -OCH3 is 1. The Bertz CT molecular complexity index is 1090. The predicted molar refractivity (Wildman–Crippen MR) is 116 cm³/mol. The van der Waals surface area contributed by atoms with E-state index in [0.717, 1.165) is 52.1 Å². The van der Waals surface area contributed by atoms with Gasteiger partial charge in [-0.1, -0.05) is 6.07 Å². The molecular formula is C23H24N2O3S. The fourth-order valence-electron chi connectivity index (χ4n) is 4.60. The molecule has 0 saturated heterocycles. The number of hydrogen-bond acceptors (Lipinski definition) is 6. The Balaban J connectivity index is 1.69. The smallest absolute Gasteiger partial charge is 0.161 e. The Morgan fingerprint density at radius 2 is 2.07 bits per heavy atom. The molecule has 2 heterocycles. The molecule has 6 heteroatoms. The summed E-state index contributed by atoms with van der Waals surface area (Å²) in [6.07, 6.45) is 2.16. The maximum Gasteiger partial charge on any atom is 0.161 e. The quantitative estimate of drug-likeness (QED) is 0.688. The molecule has 2 aromatic carbocycles. The van der Waals surface area contributed by atoms with E-state index in [0.29, 0.717) is 12.4 Å². The molecule has 0 bridgehead atoms. The molecule has 1 saturated carbocycles. The van der Waals surface area contributed by atoms with E-state index in [-0.39, 0.29) is 18.1 Å². The fourth-order valence-corrected chi connectivity index (χ4v) is 5.32. The lowest BCUT2D eigenvalue weighted by Gasteiger charge is -2.37. The number of aromatic nitrogens is 1. The summed E-state index contributed by atoms with van der Waals surface area (Å²) in [5.74, 6) is 1.67. The maximum absolute atomic E-state index is 10.3. The first kappa shape index (κ1) is 18.6. The lowest BCUT2D eigenvalue weighted by atomic mass is 9.74. The molecule has 5 rings (SSSR count). The Morgan fingerprint density at radius 3 is 2.90 bits per heavy atom. The molecule has 29 heavy (non-hydrogen) atoms. The van der Waals surface area contributed by atoms with Gasteiger partial charge in [-0.3, -0.25) is 4.99 Å². The van der Waals surface area contributed by atoms with Gasteiger partial charge in [0.2, 0.25) is 0 Å². The summed E-state index contributed by atoms with van der Waals surface area (Å²) in [4.78, 5) is 9.58. The van der Waals surface area contributed by atoms with Crippen LogP contribution in [0.3, 0.4) is 0 Å². The lowest BCUT2D eigenvalue weighted by molar-refractivity contribution is 0.111. The van der Waals surface area contributed by atoms with Crippen LogP contribution in [0.1, 0.15) is 48.8 Å². The minimum Gasteiger partial charge on any atom is -0.493 e. The van der Waals surface area contributed by atoms with Crippen molar-refractivity contribution in [2.75, 3.05) is 13.7 Å². The molecule has 1 aromatic heterocycles. The van der Waals surface area contributed by atoms with Gasteiger partial charge in [-0.25, -0.2) is 4.98 Å². The van der Waals surface area contributed by atoms with Crippen LogP contribution in [-0.4, -0.2) is 41.7 Å². The topological polar surface area (TPSA) is 63.9 Å². The maximum atomic E-state index is 10.3. The van der Waals surface area contributed by atoms with Gasteiger partial charge in [0.05, 0.1) is 47.3 Å². The summed E-state index contributed by atoms with van der Waals surface area (Å²) in [5, 5.41) is 10.3. The monoisotopic (exact) mass is 408 g/mol. The molecule has 0 spiro atoms. The normalized spacial score (nSPS) is 23.3. The first-order valence-corrected chi connectivity index (χ1v) is 11.0. The van der Waals surface area contributed by atoms with Crippen molar-refractivity contribution in [3.05, 3.63) is 52.5 Å². The second-order valence-corrected chi connectivity index (χ2v) is 8.56. The van der Waals surface area contributed by atoms with Crippen LogP contribution in [0.5, 0.6) is 11.5 Å². The van der Waals surface area contributed by atoms with Crippen molar-refractivity contribution in [3.8, 4) is 11.5 Å². The van der Waals surface area contributed by atoms with E-state index in [1.54, 1.807) is 18.4 Å². The number of ether oxygens (including phenoxy) is 2. The van der Waals surface area contributed by atoms with Crippen molar-refractivity contribution >= 4 is 27.3 Å². The molecule has 1 fully saturated rings. The molecule has 3 unspecified atom stereocenters. The van der Waals surface area contributed by atoms with Gasteiger partial charge in [0, 0.05) is 17.0 Å². The Hall–Kier alpha value is -2.44. The van der Waals surface area contributed by atoms with Crippen LogP contribution in [0.4, 0.5) is 0 Å². The van der Waals surface area contributed by atoms with Gasteiger partial charge in [0.25, 0.3) is 0 Å². The van der Waals surface area contributed by atoms with E-state index in [1.807, 2.05) is 18.5 Å². The molecule has 150 valence electrons. The standard InChI is InChI=1S/C23H24N2O3S/c1-3-28-21-10-15-16-9-14(26)5-7-18(16)25-23(17(15)11-20(21)27-2)13-4-6-19-22(8-13)29-12-24-19/h4,6,8,10-12,14,16,18,26H,3,5,7,9H2,1-2H3. The zero-order chi connectivity index (χ0) is 20.0. The highest BCUT2D eigenvalue weighted by molar-refractivity contribution is 7.16. The van der Waals surface area contributed by atoms with Gasteiger partial charge >= 0.3 is 0 Å². The molecule has 5 nitrogen and oxygen atoms in total. The highest BCUT2D eigenvalue weighted by Gasteiger charge is 2.37. The van der Waals surface area contributed by atoms with E-state index in [1.165, 1.54) is 5.56 Å². The third kappa shape index (κ3) is 3.20. The molecule has 0 amide bonds. The molecule has 3 atom stereocenters. The zero-order valence-electron chi connectivity index (χ0n) is 16.6. The Kier molecular flexibility index (Phi) is 4.76. The van der Waals surface area contributed by atoms with Crippen molar-refractivity contribution in [2.24, 2.45) is 4.99 Å². The van der Waals surface area contributed by atoms with Crippen molar-refractivity contribution < 1.29 is 14.6 Å². The van der Waals surface area contributed by atoms with E-state index in [4.69, 9.17) is 14.5 Å². The first-order valence-electron chi connectivity index (χ1n) is 10.1. The summed E-state index contributed by atoms with van der Waals surface area (Å²) in [7, 11) is 1.67. The third-order valence-corrected chi connectivity index (χ3v) is 6.77. The molecule has 0 radical (unpaired) electrons. The van der Waals surface area contributed by atoms with Gasteiger partial charge in [-0.2, -0.15) is 0 Å². The van der Waals surface area contributed by atoms with E-state index in [2.05, 4.69) is 29.2 Å². The van der Waals surface area contributed by atoms with Crippen molar-refractivity contribution in [1.82, 2.24) is 4.98 Å². The minimum absolute atomic E-state index is 0.181. The second kappa shape index (κ2) is 7.43. The largest absolute Gasteiger partial charge is 0.493 e. The van der Waals surface area contributed by atoms with Crippen LogP contribution < -0.4 is 9.47 Å². The van der Waals surface area contributed by atoms with Gasteiger partial charge in [0.15, 0.2) is 11.5 Å². The van der Waals surface area contributed by atoms with Crippen LogP contribution in [0.2, 0.25) is 0 Å². The van der Waals surface area contributed by atoms with Gasteiger partial charge in [-0.05, 0) is 56.0 Å². The molecule has 1 N–H and O–H groups in total. The number of rotatable bonds is 4. The van der Waals surface area contributed by atoms with Gasteiger partial charge in [-0.15, -0.1) is 11.3 Å². The van der Waals surface area contributed by atoms with Crippen LogP contribution in [0, 0.1) is 0 Å². The molecular weight excluding hydrogens is 384 g/mol. The van der Waals surface area contributed by atoms with E-state index in [9.17, 15) is 5.11 Å². The molecule has 1 aliphatic carbocycles. The second-order valence-electron chi connectivity index (χ2n) is 7.68. The highest BCUT2D eigenvalue weighted by Crippen LogP contribution is 2.45. The zero-order valence-corrected chi connectivity index (χ0v) is 17.4. The lowest BCUT2D eigenvalue weighted by Crippen LogP contribution is -2.34. The number of thiazole rings is 1. The summed E-state index contributed by atoms with van der Waals surface area (Å²) in [6.45, 7) is 2.55. The molecule has 3 aromatic rings. The number of aliphatic hydroxyl groups is 1. The summed E-state index contributed by atoms with van der Waals surface area (Å²) in [6, 6.07) is 10.7. The number of nitrogens with zero attached hydrogens (tertiary/aromatic N) is 2. The first-order chi connectivity index (χ1) is 14.2. The summed E-state index contributed by atoms with van der Waals surface area (Å²) < 4.78 is 12.6. The van der Waals surface area contributed by atoms with Crippen LogP contribution in [0.15, 0.2) is 40.8 Å². The Morgan fingerprint density at radius 1 is 1.17 bits per heavy atom. The number of aliphatic imine (C=N–C) groups is 1. The summed E-state index contributed by atoms with van der Waals surface area (Å²) in [5.41, 5.74) is 7.25. The van der Waals surface area contributed by atoms with Crippen LogP contribution in [-0.2, 0) is 0 Å². The average molecular weight is 409 g/mol. The highest BCUT2D eigenvalue weighted by atomic mass is 32.1. The number of aliphatic hydroxyl groups excluding tert-OH is 1. The Labute approximate surface area is 174 Å². The molecule has 2 aliphatic rings. The van der Waals surface area contributed by atoms with Crippen molar-refractivity contribution in [2.45, 2.75) is 44.2 Å². The summed E-state index contributed by atoms with van der Waals surface area (Å²) >= 11 is 1.64. The van der Waals surface area contributed by atoms with Crippen molar-refractivity contribution in [3.63, 3.8) is 0 Å². The van der Waals surface area contributed by atoms with Crippen LogP contribution in [0.25, 0.3) is 10.2 Å². The number of fused-ring (bicyclic) bond motifs is 4. The number of benzene rings is 2. The predicted octanol–water partition coefficient (Wildman–Crippen LogP) is 4.55. The average Bonchev–Trinajstić information content (AvgIpc) is 3.21.